The summed E-state index contributed by atoms with van der Waals surface area (Å²) in [6, 6.07) is 0. The number of hydrogen-bond donors (Lipinski definition) is 1. The molecule has 0 saturated heterocycles. The van der Waals surface area contributed by atoms with E-state index in [0.29, 0.717) is 0 Å². The lowest BCUT2D eigenvalue weighted by atomic mass is 10.2. The molecule has 0 aromatic carbocycles. The fourth-order valence-corrected chi connectivity index (χ4v) is 3.03. The van der Waals surface area contributed by atoms with Crippen molar-refractivity contribution in [3.05, 3.63) is 0 Å². The minimum absolute atomic E-state index is 0.0859. The molecule has 2 N–H and O–H groups in total. The monoisotopic (exact) mass is 295 g/mol. The highest BCUT2D eigenvalue weighted by Crippen LogP contribution is 2.52. The molecule has 0 spiro atoms. The van der Waals surface area contributed by atoms with Gasteiger partial charge in [0.25, 0.3) is 0 Å². The van der Waals surface area contributed by atoms with Gasteiger partial charge in [0.15, 0.2) is 0 Å². The topological polar surface area (TPSA) is 87.9 Å². The minimum Gasteiger partial charge on any atom is -0.460 e. The Balaban J connectivity index is 4.38. The summed E-state index contributed by atoms with van der Waals surface area (Å²) in [6.45, 7) is 9.29. The van der Waals surface area contributed by atoms with E-state index in [9.17, 15) is 9.36 Å². The molecular formula is C12H26NO5P. The maximum atomic E-state index is 12.3. The third kappa shape index (κ3) is 7.67. The Kier molecular flexibility index (Phi) is 7.82. The average Bonchev–Trinajstić information content (AvgIpc) is 2.24. The van der Waals surface area contributed by atoms with E-state index in [-0.39, 0.29) is 32.0 Å². The summed E-state index contributed by atoms with van der Waals surface area (Å²) in [6.07, 6.45) is 0.286. The molecule has 0 aliphatic carbocycles. The first-order valence-electron chi connectivity index (χ1n) is 6.50. The second-order valence-corrected chi connectivity index (χ2v) is 7.33. The van der Waals surface area contributed by atoms with E-state index in [1.165, 1.54) is 0 Å². The van der Waals surface area contributed by atoms with Crippen LogP contribution >= 0.6 is 7.60 Å². The molecule has 0 aromatic heterocycles. The van der Waals surface area contributed by atoms with E-state index in [4.69, 9.17) is 19.5 Å². The van der Waals surface area contributed by atoms with Crippen LogP contribution in [0.4, 0.5) is 0 Å². The van der Waals surface area contributed by atoms with Crippen molar-refractivity contribution in [1.82, 2.24) is 0 Å². The van der Waals surface area contributed by atoms with Gasteiger partial charge in [-0.15, -0.1) is 0 Å². The van der Waals surface area contributed by atoms with E-state index in [0.717, 1.165) is 0 Å². The summed E-state index contributed by atoms with van der Waals surface area (Å²) in [4.78, 5) is 11.6. The van der Waals surface area contributed by atoms with Crippen LogP contribution in [0, 0.1) is 0 Å². The number of rotatable bonds is 8. The Hall–Kier alpha value is -0.420. The second kappa shape index (κ2) is 8.00. The highest BCUT2D eigenvalue weighted by atomic mass is 31.2. The maximum absolute atomic E-state index is 12.3. The van der Waals surface area contributed by atoms with Gasteiger partial charge in [0.1, 0.15) is 11.4 Å². The van der Waals surface area contributed by atoms with Crippen molar-refractivity contribution in [3.63, 3.8) is 0 Å². The average molecular weight is 295 g/mol. The lowest BCUT2D eigenvalue weighted by Crippen LogP contribution is -2.27. The first-order valence-corrected chi connectivity index (χ1v) is 8.12. The molecule has 114 valence electrons. The Labute approximate surface area is 115 Å². The van der Waals surface area contributed by atoms with E-state index >= 15 is 0 Å². The number of ether oxygens (including phenoxy) is 1. The summed E-state index contributed by atoms with van der Waals surface area (Å²) < 4.78 is 27.7. The zero-order valence-electron chi connectivity index (χ0n) is 12.5. The van der Waals surface area contributed by atoms with Gasteiger partial charge >= 0.3 is 13.6 Å². The van der Waals surface area contributed by atoms with Crippen LogP contribution < -0.4 is 5.73 Å². The summed E-state index contributed by atoms with van der Waals surface area (Å²) >= 11 is 0. The van der Waals surface area contributed by atoms with E-state index in [2.05, 4.69) is 0 Å². The molecule has 0 aliphatic heterocycles. The van der Waals surface area contributed by atoms with Crippen molar-refractivity contribution in [2.45, 2.75) is 58.8 Å². The fourth-order valence-electron chi connectivity index (χ4n) is 1.41. The fraction of sp³-hybridized carbons (Fsp3) is 0.917. The molecule has 7 heteroatoms. The van der Waals surface area contributed by atoms with Gasteiger partial charge in [-0.1, -0.05) is 0 Å². The Morgan fingerprint density at radius 2 is 1.68 bits per heavy atom. The van der Waals surface area contributed by atoms with Crippen LogP contribution in [0.3, 0.4) is 0 Å². The van der Waals surface area contributed by atoms with Crippen molar-refractivity contribution in [1.29, 1.82) is 0 Å². The molecule has 0 rings (SSSR count). The van der Waals surface area contributed by atoms with Crippen molar-refractivity contribution in [2.75, 3.05) is 13.2 Å². The highest BCUT2D eigenvalue weighted by molar-refractivity contribution is 7.54. The zero-order valence-corrected chi connectivity index (χ0v) is 13.4. The number of hydrogen-bond acceptors (Lipinski definition) is 6. The van der Waals surface area contributed by atoms with Gasteiger partial charge in [-0.3, -0.25) is 9.36 Å². The Bertz CT molecular complexity index is 317. The second-order valence-electron chi connectivity index (χ2n) is 5.07. The number of esters is 1. The molecule has 0 saturated carbocycles. The number of nitrogens with two attached hydrogens (primary N) is 1. The highest BCUT2D eigenvalue weighted by Gasteiger charge is 2.33. The van der Waals surface area contributed by atoms with Crippen LogP contribution in [0.5, 0.6) is 0 Å². The van der Waals surface area contributed by atoms with Gasteiger partial charge in [-0.2, -0.15) is 0 Å². The third-order valence-electron chi connectivity index (χ3n) is 2.09. The van der Waals surface area contributed by atoms with E-state index < -0.39 is 19.0 Å². The summed E-state index contributed by atoms with van der Waals surface area (Å²) in [5.41, 5.74) is 5.28. The lowest BCUT2D eigenvalue weighted by Gasteiger charge is -2.24. The molecule has 19 heavy (non-hydrogen) atoms. The maximum Gasteiger partial charge on any atom is 0.347 e. The summed E-state index contributed by atoms with van der Waals surface area (Å²) in [5, 5.41) is 0. The normalized spacial score (nSPS) is 14.2. The lowest BCUT2D eigenvalue weighted by molar-refractivity contribution is -0.154. The first kappa shape index (κ1) is 18.6. The van der Waals surface area contributed by atoms with Crippen molar-refractivity contribution >= 4 is 13.6 Å². The Morgan fingerprint density at radius 3 is 2.05 bits per heavy atom. The van der Waals surface area contributed by atoms with E-state index in [1.807, 2.05) is 0 Å². The van der Waals surface area contributed by atoms with Crippen LogP contribution in [0.15, 0.2) is 0 Å². The number of carbonyl (C=O) groups is 1. The molecule has 0 radical (unpaired) electrons. The van der Waals surface area contributed by atoms with E-state index in [1.54, 1.807) is 34.6 Å². The van der Waals surface area contributed by atoms with Crippen LogP contribution in [-0.2, 0) is 23.1 Å². The smallest absolute Gasteiger partial charge is 0.347 e. The van der Waals surface area contributed by atoms with Gasteiger partial charge in [0.2, 0.25) is 0 Å². The third-order valence-corrected chi connectivity index (χ3v) is 4.40. The molecule has 6 nitrogen and oxygen atoms in total. The molecule has 0 amide bonds. The standard InChI is InChI=1S/C12H26NO5P/c1-6-16-19(15,17-7-2)10(13)8-9-11(14)18-12(3,4)5/h10H,6-9,13H2,1-5H3/t10-/m1/s1. The predicted octanol–water partition coefficient (Wildman–Crippen LogP) is 2.66. The van der Waals surface area contributed by atoms with Gasteiger partial charge in [-0.05, 0) is 41.0 Å². The SMILES string of the molecule is CCOP(=O)(OCC)[C@@H](N)CCC(=O)OC(C)(C)C. The van der Waals surface area contributed by atoms with Crippen molar-refractivity contribution in [2.24, 2.45) is 5.73 Å². The van der Waals surface area contributed by atoms with Crippen LogP contribution in [0.1, 0.15) is 47.5 Å². The minimum atomic E-state index is -3.35. The van der Waals surface area contributed by atoms with Gasteiger partial charge in [0.05, 0.1) is 13.2 Å². The molecule has 0 fully saturated rings. The van der Waals surface area contributed by atoms with Gasteiger partial charge in [-0.25, -0.2) is 0 Å². The van der Waals surface area contributed by atoms with Crippen LogP contribution in [0.2, 0.25) is 0 Å². The largest absolute Gasteiger partial charge is 0.460 e. The zero-order chi connectivity index (χ0) is 15.1. The Morgan fingerprint density at radius 1 is 1.21 bits per heavy atom. The molecule has 1 atom stereocenters. The van der Waals surface area contributed by atoms with Crippen LogP contribution in [-0.4, -0.2) is 30.6 Å². The van der Waals surface area contributed by atoms with Crippen molar-refractivity contribution in [3.8, 4) is 0 Å². The predicted molar refractivity (Wildman–Crippen MR) is 73.9 cm³/mol. The summed E-state index contributed by atoms with van der Waals surface area (Å²) in [5.74, 6) is -1.19. The molecule has 0 aromatic rings. The molecule has 0 bridgehead atoms. The van der Waals surface area contributed by atoms with Crippen LogP contribution in [0.25, 0.3) is 0 Å². The summed E-state index contributed by atoms with van der Waals surface area (Å²) in [7, 11) is -3.35. The molecule has 0 heterocycles. The molecule has 0 aliphatic rings. The molecule has 0 unspecified atom stereocenters. The van der Waals surface area contributed by atoms with Gasteiger partial charge < -0.3 is 19.5 Å². The van der Waals surface area contributed by atoms with Gasteiger partial charge in [0, 0.05) is 6.42 Å². The first-order chi connectivity index (χ1) is 8.64. The van der Waals surface area contributed by atoms with Crippen molar-refractivity contribution < 1.29 is 23.1 Å². The molecular weight excluding hydrogens is 269 g/mol. The quantitative estimate of drug-likeness (QED) is 0.547. The number of carbonyl (C=O) groups excluding carboxylic acids is 1.